The van der Waals surface area contributed by atoms with Gasteiger partial charge in [0.05, 0.1) is 5.75 Å². The second-order valence-electron chi connectivity index (χ2n) is 7.95. The molecular formula is C16H31ClN2O3S. The van der Waals surface area contributed by atoms with Crippen LogP contribution in [-0.2, 0) is 14.6 Å². The van der Waals surface area contributed by atoms with Crippen molar-refractivity contribution in [1.29, 1.82) is 0 Å². The fourth-order valence-corrected chi connectivity index (χ4v) is 4.82. The first-order chi connectivity index (χ1) is 10.1. The van der Waals surface area contributed by atoms with E-state index in [9.17, 15) is 13.2 Å². The number of rotatable bonds is 5. The summed E-state index contributed by atoms with van der Waals surface area (Å²) in [6.07, 6.45) is 6.94. The second-order valence-corrected chi connectivity index (χ2v) is 10.2. The van der Waals surface area contributed by atoms with Gasteiger partial charge in [-0.05, 0) is 57.8 Å². The maximum absolute atomic E-state index is 12.6. The minimum atomic E-state index is -3.01. The van der Waals surface area contributed by atoms with Crippen molar-refractivity contribution in [2.24, 2.45) is 23.5 Å². The molecule has 0 spiro atoms. The van der Waals surface area contributed by atoms with Gasteiger partial charge in [0.15, 0.2) is 0 Å². The molecule has 136 valence electrons. The average molecular weight is 367 g/mol. The van der Waals surface area contributed by atoms with Gasteiger partial charge >= 0.3 is 0 Å². The van der Waals surface area contributed by atoms with E-state index in [2.05, 4.69) is 5.32 Å². The standard InChI is InChI=1S/C16H30N2O3S.ClH/c1-16(2,7-8-22(3,20)21)18-15(19)13-9-11-5-4-6-12(10-13)14(11)17;/h11-14H,4-10,17H2,1-3H3,(H,18,19);1H. The molecule has 7 heteroatoms. The van der Waals surface area contributed by atoms with Crippen LogP contribution in [0, 0.1) is 17.8 Å². The van der Waals surface area contributed by atoms with Gasteiger partial charge in [0, 0.05) is 23.8 Å². The lowest BCUT2D eigenvalue weighted by atomic mass is 9.65. The van der Waals surface area contributed by atoms with E-state index in [1.165, 1.54) is 12.7 Å². The number of hydrogen-bond donors (Lipinski definition) is 2. The fraction of sp³-hybridized carbons (Fsp3) is 0.938. The fourth-order valence-electron chi connectivity index (χ4n) is 3.94. The van der Waals surface area contributed by atoms with Crippen LogP contribution < -0.4 is 11.1 Å². The number of hydrogen-bond acceptors (Lipinski definition) is 4. The quantitative estimate of drug-likeness (QED) is 0.777. The van der Waals surface area contributed by atoms with Crippen molar-refractivity contribution in [1.82, 2.24) is 5.32 Å². The van der Waals surface area contributed by atoms with E-state index in [4.69, 9.17) is 5.73 Å². The van der Waals surface area contributed by atoms with Gasteiger partial charge in [-0.1, -0.05) is 6.42 Å². The molecule has 0 aromatic carbocycles. The highest BCUT2D eigenvalue weighted by atomic mass is 35.5. The molecule has 3 N–H and O–H groups in total. The zero-order chi connectivity index (χ0) is 16.5. The number of nitrogens with one attached hydrogen (secondary N) is 1. The highest BCUT2D eigenvalue weighted by Gasteiger charge is 2.41. The predicted molar refractivity (Wildman–Crippen MR) is 95.3 cm³/mol. The zero-order valence-corrected chi connectivity index (χ0v) is 16.0. The molecule has 2 saturated carbocycles. The molecule has 2 rings (SSSR count). The maximum Gasteiger partial charge on any atom is 0.223 e. The van der Waals surface area contributed by atoms with Crippen LogP contribution in [0.25, 0.3) is 0 Å². The van der Waals surface area contributed by atoms with Crippen LogP contribution in [0.3, 0.4) is 0 Å². The summed E-state index contributed by atoms with van der Waals surface area (Å²) in [5.74, 6) is 1.15. The van der Waals surface area contributed by atoms with Crippen LogP contribution >= 0.6 is 12.4 Å². The maximum atomic E-state index is 12.6. The van der Waals surface area contributed by atoms with Gasteiger partial charge in [-0.25, -0.2) is 8.42 Å². The lowest BCUT2D eigenvalue weighted by Gasteiger charge is -2.44. The van der Waals surface area contributed by atoms with Gasteiger partial charge in [-0.15, -0.1) is 12.4 Å². The molecule has 23 heavy (non-hydrogen) atoms. The third kappa shape index (κ3) is 5.91. The molecule has 2 unspecified atom stereocenters. The summed E-state index contributed by atoms with van der Waals surface area (Å²) >= 11 is 0. The Balaban J connectivity index is 0.00000264. The number of carbonyl (C=O) groups excluding carboxylic acids is 1. The lowest BCUT2D eigenvalue weighted by molar-refractivity contribution is -0.129. The third-order valence-corrected chi connectivity index (χ3v) is 6.29. The zero-order valence-electron chi connectivity index (χ0n) is 14.4. The molecule has 0 heterocycles. The minimum Gasteiger partial charge on any atom is -0.351 e. The predicted octanol–water partition coefficient (Wildman–Crippen LogP) is 1.89. The van der Waals surface area contributed by atoms with Crippen molar-refractivity contribution in [2.45, 2.75) is 64.0 Å². The summed E-state index contributed by atoms with van der Waals surface area (Å²) in [7, 11) is -3.01. The highest BCUT2D eigenvalue weighted by Crippen LogP contribution is 2.42. The van der Waals surface area contributed by atoms with E-state index >= 15 is 0 Å². The topological polar surface area (TPSA) is 89.3 Å². The molecule has 0 saturated heterocycles. The van der Waals surface area contributed by atoms with E-state index < -0.39 is 15.4 Å². The van der Waals surface area contributed by atoms with Crippen LogP contribution in [0.1, 0.15) is 52.4 Å². The molecule has 2 bridgehead atoms. The first-order valence-corrected chi connectivity index (χ1v) is 10.4. The Bertz CT molecular complexity index is 507. The number of halogens is 1. The minimum absolute atomic E-state index is 0. The molecular weight excluding hydrogens is 336 g/mol. The van der Waals surface area contributed by atoms with Crippen LogP contribution in [-0.4, -0.2) is 37.9 Å². The number of nitrogens with two attached hydrogens (primary N) is 1. The van der Waals surface area contributed by atoms with Gasteiger partial charge in [-0.3, -0.25) is 4.79 Å². The first-order valence-electron chi connectivity index (χ1n) is 8.33. The van der Waals surface area contributed by atoms with E-state index in [0.717, 1.165) is 25.7 Å². The largest absolute Gasteiger partial charge is 0.351 e. The summed E-state index contributed by atoms with van der Waals surface area (Å²) < 4.78 is 22.6. The monoisotopic (exact) mass is 366 g/mol. The van der Waals surface area contributed by atoms with E-state index in [0.29, 0.717) is 18.3 Å². The molecule has 0 aromatic rings. The number of fused-ring (bicyclic) bond motifs is 2. The average Bonchev–Trinajstić information content (AvgIpc) is 2.35. The SMILES string of the molecule is CC(C)(CCS(C)(=O)=O)NC(=O)C1CC2CCCC(C1)C2N.Cl. The third-order valence-electron chi connectivity index (χ3n) is 5.34. The van der Waals surface area contributed by atoms with E-state index in [1.54, 1.807) is 0 Å². The van der Waals surface area contributed by atoms with Crippen LogP contribution in [0.5, 0.6) is 0 Å². The summed E-state index contributed by atoms with van der Waals surface area (Å²) in [6, 6.07) is 0.260. The molecule has 1 amide bonds. The Labute approximate surface area is 146 Å². The van der Waals surface area contributed by atoms with Crippen LogP contribution in [0.2, 0.25) is 0 Å². The molecule has 0 aromatic heterocycles. The van der Waals surface area contributed by atoms with Crippen LogP contribution in [0.15, 0.2) is 0 Å². The second kappa shape index (κ2) is 7.70. The molecule has 0 radical (unpaired) electrons. The Morgan fingerprint density at radius 3 is 2.22 bits per heavy atom. The summed E-state index contributed by atoms with van der Waals surface area (Å²) in [5.41, 5.74) is 5.78. The van der Waals surface area contributed by atoms with Gasteiger partial charge in [0.1, 0.15) is 9.84 Å². The van der Waals surface area contributed by atoms with Gasteiger partial charge in [0.25, 0.3) is 0 Å². The molecule has 5 nitrogen and oxygen atoms in total. The molecule has 2 atom stereocenters. The molecule has 0 aliphatic heterocycles. The smallest absolute Gasteiger partial charge is 0.223 e. The summed E-state index contributed by atoms with van der Waals surface area (Å²) in [5, 5.41) is 3.06. The number of sulfone groups is 1. The lowest BCUT2D eigenvalue weighted by Crippen LogP contribution is -2.52. The van der Waals surface area contributed by atoms with Crippen molar-refractivity contribution in [2.75, 3.05) is 12.0 Å². The van der Waals surface area contributed by atoms with Crippen molar-refractivity contribution >= 4 is 28.2 Å². The van der Waals surface area contributed by atoms with Crippen molar-refractivity contribution in [3.63, 3.8) is 0 Å². The Hall–Kier alpha value is -0.330. The Kier molecular flexibility index (Phi) is 6.94. The highest BCUT2D eigenvalue weighted by molar-refractivity contribution is 7.90. The molecule has 2 fully saturated rings. The first kappa shape index (κ1) is 20.7. The van der Waals surface area contributed by atoms with E-state index in [-0.39, 0.29) is 36.0 Å². The van der Waals surface area contributed by atoms with Crippen molar-refractivity contribution in [3.8, 4) is 0 Å². The van der Waals surface area contributed by atoms with Gasteiger partial charge in [0.2, 0.25) is 5.91 Å². The summed E-state index contributed by atoms with van der Waals surface area (Å²) in [4.78, 5) is 12.6. The van der Waals surface area contributed by atoms with Crippen molar-refractivity contribution in [3.05, 3.63) is 0 Å². The van der Waals surface area contributed by atoms with Gasteiger partial charge < -0.3 is 11.1 Å². The Morgan fingerprint density at radius 2 is 1.74 bits per heavy atom. The Morgan fingerprint density at radius 1 is 1.22 bits per heavy atom. The number of amides is 1. The van der Waals surface area contributed by atoms with Crippen molar-refractivity contribution < 1.29 is 13.2 Å². The summed E-state index contributed by atoms with van der Waals surface area (Å²) in [6.45, 7) is 3.79. The number of carbonyl (C=O) groups is 1. The normalized spacial score (nSPS) is 31.1. The van der Waals surface area contributed by atoms with E-state index in [1.807, 2.05) is 13.8 Å². The van der Waals surface area contributed by atoms with Crippen LogP contribution in [0.4, 0.5) is 0 Å². The molecule has 2 aliphatic rings. The molecule has 2 aliphatic carbocycles. The van der Waals surface area contributed by atoms with Gasteiger partial charge in [-0.2, -0.15) is 0 Å².